The lowest BCUT2D eigenvalue weighted by atomic mass is 10.1. The third kappa shape index (κ3) is 4.81. The summed E-state index contributed by atoms with van der Waals surface area (Å²) in [7, 11) is 1.69. The molecule has 0 bridgehead atoms. The van der Waals surface area contributed by atoms with E-state index in [1.165, 1.54) is 23.9 Å². The average Bonchev–Trinajstić information content (AvgIpc) is 2.76. The summed E-state index contributed by atoms with van der Waals surface area (Å²) >= 11 is 7.40. The first-order valence-electron chi connectivity index (χ1n) is 9.50. The van der Waals surface area contributed by atoms with E-state index in [9.17, 15) is 14.0 Å². The number of nitrogens with zero attached hydrogens (tertiary/aromatic N) is 1. The van der Waals surface area contributed by atoms with Crippen LogP contribution >= 0.6 is 23.4 Å². The molecule has 0 atom stereocenters. The number of thioether (sulfide) groups is 1. The molecule has 1 aliphatic rings. The normalized spacial score (nSPS) is 14.5. The van der Waals surface area contributed by atoms with Crippen molar-refractivity contribution in [2.24, 2.45) is 0 Å². The average molecular weight is 453 g/mol. The molecule has 2 amide bonds. The highest BCUT2D eigenvalue weighted by Gasteiger charge is 2.27. The van der Waals surface area contributed by atoms with E-state index in [0.29, 0.717) is 21.2 Å². The van der Waals surface area contributed by atoms with Gasteiger partial charge in [-0.25, -0.2) is 4.39 Å². The molecule has 0 saturated heterocycles. The molecule has 0 radical (unpaired) electrons. The Morgan fingerprint density at radius 2 is 1.90 bits per heavy atom. The molecule has 3 aromatic rings. The fourth-order valence-corrected chi connectivity index (χ4v) is 4.46. The summed E-state index contributed by atoms with van der Waals surface area (Å²) in [4.78, 5) is 28.4. The number of anilines is 1. The van der Waals surface area contributed by atoms with Crippen molar-refractivity contribution in [1.82, 2.24) is 5.32 Å². The minimum absolute atomic E-state index is 0.152. The van der Waals surface area contributed by atoms with E-state index < -0.39 is 0 Å². The number of hydrogen-bond donors (Lipinski definition) is 1. The van der Waals surface area contributed by atoms with E-state index in [4.69, 9.17) is 11.6 Å². The Hall–Kier alpha value is -3.09. The quantitative estimate of drug-likeness (QED) is 0.530. The maximum Gasteiger partial charge on any atom is 0.264 e. The van der Waals surface area contributed by atoms with Crippen LogP contribution in [0.25, 0.3) is 6.08 Å². The summed E-state index contributed by atoms with van der Waals surface area (Å²) in [5, 5.41) is 3.42. The lowest BCUT2D eigenvalue weighted by Crippen LogP contribution is -2.31. The Morgan fingerprint density at radius 3 is 2.65 bits per heavy atom. The maximum atomic E-state index is 13.0. The van der Waals surface area contributed by atoms with Crippen molar-refractivity contribution in [2.75, 3.05) is 11.9 Å². The molecule has 0 unspecified atom stereocenters. The molecule has 0 fully saturated rings. The number of hydrogen-bond acceptors (Lipinski definition) is 3. The van der Waals surface area contributed by atoms with Gasteiger partial charge in [0.25, 0.3) is 11.8 Å². The molecule has 1 N–H and O–H groups in total. The fraction of sp³-hybridized carbons (Fsp3) is 0.0833. The maximum absolute atomic E-state index is 13.0. The summed E-state index contributed by atoms with van der Waals surface area (Å²) in [6.45, 7) is 0.284. The highest BCUT2D eigenvalue weighted by molar-refractivity contribution is 8.04. The lowest BCUT2D eigenvalue weighted by Gasteiger charge is -2.27. The molecular weight excluding hydrogens is 435 g/mol. The highest BCUT2D eigenvalue weighted by atomic mass is 35.5. The molecule has 1 heterocycles. The molecule has 0 spiro atoms. The molecule has 0 aromatic heterocycles. The molecule has 0 saturated carbocycles. The van der Waals surface area contributed by atoms with Crippen molar-refractivity contribution in [1.29, 1.82) is 0 Å². The number of benzene rings is 3. The van der Waals surface area contributed by atoms with Crippen LogP contribution in [0.2, 0.25) is 5.02 Å². The number of carbonyl (C=O) groups is 2. The molecule has 31 heavy (non-hydrogen) atoms. The smallest absolute Gasteiger partial charge is 0.264 e. The topological polar surface area (TPSA) is 49.4 Å². The first kappa shape index (κ1) is 21.2. The molecular formula is C24H18ClFN2O2S. The minimum atomic E-state index is -0.321. The summed E-state index contributed by atoms with van der Waals surface area (Å²) < 4.78 is 13.0. The highest BCUT2D eigenvalue weighted by Crippen LogP contribution is 2.42. The summed E-state index contributed by atoms with van der Waals surface area (Å²) in [6, 6.07) is 18.5. The number of amides is 2. The van der Waals surface area contributed by atoms with Crippen LogP contribution in [0.15, 0.2) is 76.5 Å². The standard InChI is InChI=1S/C24H18ClFN2O2S/c1-28-20-13-17(23(29)27-14-15-5-8-19(26)9-6-15)7-10-21(20)31-22(24(28)30)12-16-3-2-4-18(25)11-16/h2-13H,14H2,1H3,(H,27,29). The van der Waals surface area contributed by atoms with Crippen LogP contribution in [0.1, 0.15) is 21.5 Å². The Labute approximate surface area is 188 Å². The second-order valence-corrected chi connectivity index (χ2v) is 8.54. The van der Waals surface area contributed by atoms with Gasteiger partial charge in [0.2, 0.25) is 0 Å². The van der Waals surface area contributed by atoms with Crippen LogP contribution < -0.4 is 10.2 Å². The lowest BCUT2D eigenvalue weighted by molar-refractivity contribution is -0.114. The zero-order valence-corrected chi connectivity index (χ0v) is 18.1. The van der Waals surface area contributed by atoms with Gasteiger partial charge in [-0.3, -0.25) is 9.59 Å². The van der Waals surface area contributed by atoms with Crippen LogP contribution in [0, 0.1) is 5.82 Å². The Morgan fingerprint density at radius 1 is 1.13 bits per heavy atom. The van der Waals surface area contributed by atoms with Gasteiger partial charge in [-0.05, 0) is 59.7 Å². The number of carbonyl (C=O) groups excluding carboxylic acids is 2. The van der Waals surface area contributed by atoms with Crippen LogP contribution in [-0.2, 0) is 11.3 Å². The molecule has 156 valence electrons. The van der Waals surface area contributed by atoms with E-state index in [-0.39, 0.29) is 24.2 Å². The zero-order chi connectivity index (χ0) is 22.0. The van der Waals surface area contributed by atoms with Crippen molar-refractivity contribution >= 4 is 46.9 Å². The fourth-order valence-electron chi connectivity index (χ4n) is 3.17. The molecule has 1 aliphatic heterocycles. The van der Waals surface area contributed by atoms with Gasteiger partial charge in [-0.2, -0.15) is 0 Å². The minimum Gasteiger partial charge on any atom is -0.348 e. The molecule has 7 heteroatoms. The summed E-state index contributed by atoms with van der Waals surface area (Å²) in [6.07, 6.45) is 1.81. The van der Waals surface area contributed by atoms with Gasteiger partial charge in [0.15, 0.2) is 0 Å². The van der Waals surface area contributed by atoms with Gasteiger partial charge in [0.05, 0.1) is 10.6 Å². The zero-order valence-electron chi connectivity index (χ0n) is 16.6. The largest absolute Gasteiger partial charge is 0.348 e. The number of halogens is 2. The number of rotatable bonds is 4. The summed E-state index contributed by atoms with van der Waals surface area (Å²) in [5.74, 6) is -0.738. The van der Waals surface area contributed by atoms with Crippen LogP contribution in [0.3, 0.4) is 0 Å². The third-order valence-electron chi connectivity index (χ3n) is 4.83. The van der Waals surface area contributed by atoms with E-state index in [1.807, 2.05) is 24.3 Å². The first-order valence-corrected chi connectivity index (χ1v) is 10.7. The molecule has 0 aliphatic carbocycles. The summed E-state index contributed by atoms with van der Waals surface area (Å²) in [5.41, 5.74) is 2.76. The van der Waals surface area contributed by atoms with Gasteiger partial charge in [0, 0.05) is 29.1 Å². The SMILES string of the molecule is CN1C(=O)C(=Cc2cccc(Cl)c2)Sc2ccc(C(=O)NCc3ccc(F)cc3)cc21. The van der Waals surface area contributed by atoms with Crippen molar-refractivity contribution in [3.8, 4) is 0 Å². The Bertz CT molecular complexity index is 1190. The number of nitrogens with one attached hydrogen (secondary N) is 1. The van der Waals surface area contributed by atoms with E-state index >= 15 is 0 Å². The third-order valence-corrected chi connectivity index (χ3v) is 6.14. The van der Waals surface area contributed by atoms with Gasteiger partial charge >= 0.3 is 0 Å². The van der Waals surface area contributed by atoms with Crippen LogP contribution in [0.4, 0.5) is 10.1 Å². The first-order chi connectivity index (χ1) is 14.9. The monoisotopic (exact) mass is 452 g/mol. The van der Waals surface area contributed by atoms with Gasteiger partial charge < -0.3 is 10.2 Å². The van der Waals surface area contributed by atoms with Crippen molar-refractivity contribution in [2.45, 2.75) is 11.4 Å². The second-order valence-electron chi connectivity index (χ2n) is 7.02. The predicted molar refractivity (Wildman–Crippen MR) is 123 cm³/mol. The van der Waals surface area contributed by atoms with Crippen LogP contribution in [-0.4, -0.2) is 18.9 Å². The molecule has 3 aromatic carbocycles. The number of fused-ring (bicyclic) bond motifs is 1. The van der Waals surface area contributed by atoms with Gasteiger partial charge in [0.1, 0.15) is 5.82 Å². The van der Waals surface area contributed by atoms with Crippen molar-refractivity contribution < 1.29 is 14.0 Å². The van der Waals surface area contributed by atoms with Crippen LogP contribution in [0.5, 0.6) is 0 Å². The van der Waals surface area contributed by atoms with E-state index in [0.717, 1.165) is 16.0 Å². The van der Waals surface area contributed by atoms with Gasteiger partial charge in [-0.15, -0.1) is 0 Å². The second kappa shape index (κ2) is 8.96. The van der Waals surface area contributed by atoms with Crippen molar-refractivity contribution in [3.05, 3.63) is 99.2 Å². The van der Waals surface area contributed by atoms with E-state index in [1.54, 1.807) is 48.3 Å². The molecule has 4 nitrogen and oxygen atoms in total. The van der Waals surface area contributed by atoms with Gasteiger partial charge in [-0.1, -0.05) is 47.6 Å². The van der Waals surface area contributed by atoms with E-state index in [2.05, 4.69) is 5.32 Å². The Kier molecular flexibility index (Phi) is 6.11. The van der Waals surface area contributed by atoms with Crippen molar-refractivity contribution in [3.63, 3.8) is 0 Å². The Balaban J connectivity index is 1.53. The predicted octanol–water partition coefficient (Wildman–Crippen LogP) is 5.52. The molecule has 4 rings (SSSR count). The number of likely N-dealkylation sites (N-methyl/N-ethyl adjacent to an activating group) is 1.